The number of nitrogens with one attached hydrogen (secondary N) is 1. The molecule has 0 radical (unpaired) electrons. The zero-order valence-electron chi connectivity index (χ0n) is 13.7. The molecule has 1 aromatic carbocycles. The third-order valence-electron chi connectivity index (χ3n) is 3.52. The van der Waals surface area contributed by atoms with Gasteiger partial charge in [0.2, 0.25) is 21.7 Å². The van der Waals surface area contributed by atoms with Crippen LogP contribution in [0.3, 0.4) is 0 Å². The molecule has 9 heteroatoms. The van der Waals surface area contributed by atoms with Crippen molar-refractivity contribution in [1.29, 1.82) is 0 Å². The molecule has 0 fully saturated rings. The molecule has 2 heterocycles. The molecule has 3 aromatic rings. The van der Waals surface area contributed by atoms with Crippen molar-refractivity contribution in [3.05, 3.63) is 47.2 Å². The predicted molar refractivity (Wildman–Crippen MR) is 94.2 cm³/mol. The molecule has 7 nitrogen and oxygen atoms in total. The van der Waals surface area contributed by atoms with E-state index in [2.05, 4.69) is 14.9 Å². The summed E-state index contributed by atoms with van der Waals surface area (Å²) in [6.07, 6.45) is 0.312. The van der Waals surface area contributed by atoms with Crippen LogP contribution >= 0.6 is 11.3 Å². The number of aryl methyl sites for hydroxylation is 1. The fourth-order valence-electron chi connectivity index (χ4n) is 2.26. The highest BCUT2D eigenvalue weighted by Crippen LogP contribution is 2.22. The lowest BCUT2D eigenvalue weighted by atomic mass is 10.2. The Morgan fingerprint density at radius 1 is 1.32 bits per heavy atom. The Morgan fingerprint density at radius 3 is 2.84 bits per heavy atom. The predicted octanol–water partition coefficient (Wildman–Crippen LogP) is 2.64. The molecule has 0 spiro atoms. The molecule has 0 aliphatic carbocycles. The molecular formula is C16H17N3O4S2. The second-order valence-electron chi connectivity index (χ2n) is 5.27. The zero-order chi connectivity index (χ0) is 17.9. The Balaban J connectivity index is 1.62. The normalized spacial score (nSPS) is 11.6. The summed E-state index contributed by atoms with van der Waals surface area (Å²) >= 11 is 1.51. The zero-order valence-corrected chi connectivity index (χ0v) is 15.4. The lowest BCUT2D eigenvalue weighted by molar-refractivity contribution is 0.379. The van der Waals surface area contributed by atoms with Gasteiger partial charge in [0.15, 0.2) is 0 Å². The summed E-state index contributed by atoms with van der Waals surface area (Å²) in [5, 5.41) is 5.82. The highest BCUT2D eigenvalue weighted by molar-refractivity contribution is 7.89. The molecule has 0 saturated heterocycles. The van der Waals surface area contributed by atoms with E-state index < -0.39 is 10.0 Å². The monoisotopic (exact) mass is 379 g/mol. The summed E-state index contributed by atoms with van der Waals surface area (Å²) in [5.41, 5.74) is 0.753. The van der Waals surface area contributed by atoms with Crippen LogP contribution in [-0.2, 0) is 16.4 Å². The van der Waals surface area contributed by atoms with Crippen LogP contribution < -0.4 is 9.46 Å². The molecule has 0 saturated carbocycles. The van der Waals surface area contributed by atoms with Gasteiger partial charge in [0.25, 0.3) is 0 Å². The van der Waals surface area contributed by atoms with Crippen LogP contribution in [0.4, 0.5) is 0 Å². The van der Waals surface area contributed by atoms with Crippen LogP contribution in [0, 0.1) is 6.92 Å². The molecule has 0 atom stereocenters. The van der Waals surface area contributed by atoms with Crippen molar-refractivity contribution in [2.75, 3.05) is 13.7 Å². The van der Waals surface area contributed by atoms with Crippen LogP contribution in [0.25, 0.3) is 10.7 Å². The Labute approximate surface area is 149 Å². The Morgan fingerprint density at radius 2 is 2.16 bits per heavy atom. The summed E-state index contributed by atoms with van der Waals surface area (Å²) in [7, 11) is -2.06. The highest BCUT2D eigenvalue weighted by atomic mass is 32.2. The number of thiophene rings is 1. The summed E-state index contributed by atoms with van der Waals surface area (Å²) in [4.78, 5) is 5.36. The van der Waals surface area contributed by atoms with Crippen molar-refractivity contribution in [3.63, 3.8) is 0 Å². The minimum absolute atomic E-state index is 0.166. The van der Waals surface area contributed by atoms with Crippen LogP contribution in [0.15, 0.2) is 45.1 Å². The van der Waals surface area contributed by atoms with E-state index in [1.165, 1.54) is 17.4 Å². The van der Waals surface area contributed by atoms with Gasteiger partial charge in [-0.05, 0) is 42.1 Å². The first kappa shape index (κ1) is 17.6. The second kappa shape index (κ2) is 7.34. The second-order valence-corrected chi connectivity index (χ2v) is 7.98. The molecule has 0 unspecified atom stereocenters. The van der Waals surface area contributed by atoms with Gasteiger partial charge in [0.05, 0.1) is 16.9 Å². The third-order valence-corrected chi connectivity index (χ3v) is 5.84. The molecule has 1 N–H and O–H groups in total. The molecular weight excluding hydrogens is 362 g/mol. The first-order chi connectivity index (χ1) is 12.0. The van der Waals surface area contributed by atoms with Crippen LogP contribution in [-0.4, -0.2) is 32.2 Å². The fourth-order valence-corrected chi connectivity index (χ4v) is 4.02. The number of hydrogen-bond donors (Lipinski definition) is 1. The van der Waals surface area contributed by atoms with Gasteiger partial charge in [0.1, 0.15) is 5.75 Å². The molecule has 0 aliphatic heterocycles. The Kier molecular flexibility index (Phi) is 5.16. The Hall–Kier alpha value is -2.23. The van der Waals surface area contributed by atoms with E-state index in [1.807, 2.05) is 17.5 Å². The SMILES string of the molecule is COc1ccc(S(=O)(=O)NCCc2nc(-c3cccs3)no2)cc1C. The van der Waals surface area contributed by atoms with Crippen molar-refractivity contribution in [2.24, 2.45) is 0 Å². The Bertz CT molecular complexity index is 950. The van der Waals surface area contributed by atoms with E-state index in [1.54, 1.807) is 26.2 Å². The molecule has 132 valence electrons. The smallest absolute Gasteiger partial charge is 0.240 e. The molecule has 0 bridgehead atoms. The molecule has 25 heavy (non-hydrogen) atoms. The summed E-state index contributed by atoms with van der Waals surface area (Å²) < 4.78 is 37.5. The quantitative estimate of drug-likeness (QED) is 0.678. The average Bonchev–Trinajstić information content (AvgIpc) is 3.26. The van der Waals surface area contributed by atoms with E-state index in [-0.39, 0.29) is 11.4 Å². The number of hydrogen-bond acceptors (Lipinski definition) is 7. The van der Waals surface area contributed by atoms with E-state index >= 15 is 0 Å². The van der Waals surface area contributed by atoms with Crippen LogP contribution in [0.2, 0.25) is 0 Å². The van der Waals surface area contributed by atoms with Crippen LogP contribution in [0.5, 0.6) is 5.75 Å². The number of benzene rings is 1. The standard InChI is InChI=1S/C16H17N3O4S2/c1-11-10-12(5-6-13(11)22-2)25(20,21)17-8-7-15-18-16(19-23-15)14-4-3-9-24-14/h3-6,9-10,17H,7-8H2,1-2H3. The van der Waals surface area contributed by atoms with Crippen molar-refractivity contribution in [1.82, 2.24) is 14.9 Å². The number of aromatic nitrogens is 2. The van der Waals surface area contributed by atoms with Crippen molar-refractivity contribution in [3.8, 4) is 16.5 Å². The minimum Gasteiger partial charge on any atom is -0.496 e. The molecule has 2 aromatic heterocycles. The minimum atomic E-state index is -3.61. The first-order valence-corrected chi connectivity index (χ1v) is 9.86. The van der Waals surface area contributed by atoms with Gasteiger partial charge in [-0.3, -0.25) is 0 Å². The molecule has 3 rings (SSSR count). The van der Waals surface area contributed by atoms with Gasteiger partial charge in [-0.2, -0.15) is 4.98 Å². The van der Waals surface area contributed by atoms with Gasteiger partial charge in [-0.15, -0.1) is 11.3 Å². The number of methoxy groups -OCH3 is 1. The third kappa shape index (κ3) is 4.06. The number of nitrogens with zero attached hydrogens (tertiary/aromatic N) is 2. The van der Waals surface area contributed by atoms with Crippen molar-refractivity contribution >= 4 is 21.4 Å². The summed E-state index contributed by atoms with van der Waals surface area (Å²) in [6, 6.07) is 8.52. The number of sulfonamides is 1. The van der Waals surface area contributed by atoms with Crippen LogP contribution in [0.1, 0.15) is 11.5 Å². The van der Waals surface area contributed by atoms with Gasteiger partial charge >= 0.3 is 0 Å². The lowest BCUT2D eigenvalue weighted by Gasteiger charge is -2.09. The molecule has 0 aliphatic rings. The maximum Gasteiger partial charge on any atom is 0.240 e. The van der Waals surface area contributed by atoms with E-state index in [4.69, 9.17) is 9.26 Å². The largest absolute Gasteiger partial charge is 0.496 e. The summed E-state index contributed by atoms with van der Waals surface area (Å²) in [5.74, 6) is 1.54. The maximum atomic E-state index is 12.3. The average molecular weight is 379 g/mol. The van der Waals surface area contributed by atoms with Gasteiger partial charge < -0.3 is 9.26 Å². The topological polar surface area (TPSA) is 94.3 Å². The fraction of sp³-hybridized carbons (Fsp3) is 0.250. The summed E-state index contributed by atoms with van der Waals surface area (Å²) in [6.45, 7) is 1.96. The van der Waals surface area contributed by atoms with Gasteiger partial charge in [-0.25, -0.2) is 13.1 Å². The van der Waals surface area contributed by atoms with Gasteiger partial charge in [-0.1, -0.05) is 11.2 Å². The van der Waals surface area contributed by atoms with E-state index in [9.17, 15) is 8.42 Å². The maximum absolute atomic E-state index is 12.3. The molecule has 0 amide bonds. The van der Waals surface area contributed by atoms with Crippen molar-refractivity contribution in [2.45, 2.75) is 18.2 Å². The first-order valence-electron chi connectivity index (χ1n) is 7.50. The lowest BCUT2D eigenvalue weighted by Crippen LogP contribution is -2.26. The number of ether oxygens (including phenoxy) is 1. The van der Waals surface area contributed by atoms with E-state index in [0.717, 1.165) is 10.4 Å². The van der Waals surface area contributed by atoms with Gasteiger partial charge in [0, 0.05) is 13.0 Å². The van der Waals surface area contributed by atoms with Crippen molar-refractivity contribution < 1.29 is 17.7 Å². The number of rotatable bonds is 7. The van der Waals surface area contributed by atoms with E-state index in [0.29, 0.717) is 23.9 Å². The highest BCUT2D eigenvalue weighted by Gasteiger charge is 2.16.